The van der Waals surface area contributed by atoms with Crippen LogP contribution in [0.2, 0.25) is 0 Å². The number of benzene rings is 2. The monoisotopic (exact) mass is 575 g/mol. The van der Waals surface area contributed by atoms with Crippen molar-refractivity contribution >= 4 is 23.0 Å². The third-order valence-electron chi connectivity index (χ3n) is 6.04. The highest BCUT2D eigenvalue weighted by Crippen LogP contribution is 2.29. The summed E-state index contributed by atoms with van der Waals surface area (Å²) in [4.78, 5) is 34.7. The molecule has 2 aromatic carbocycles. The van der Waals surface area contributed by atoms with E-state index in [9.17, 15) is 14.0 Å². The Morgan fingerprint density at radius 3 is 2.52 bits per heavy atom. The number of ether oxygens (including phenoxy) is 4. The molecule has 0 saturated carbocycles. The Morgan fingerprint density at radius 2 is 1.81 bits per heavy atom. The molecule has 0 aliphatic rings. The molecule has 0 bridgehead atoms. The zero-order chi connectivity index (χ0) is 30.3. The van der Waals surface area contributed by atoms with Crippen LogP contribution >= 0.6 is 0 Å². The number of rotatable bonds is 10. The summed E-state index contributed by atoms with van der Waals surface area (Å²) < 4.78 is 36.8. The van der Waals surface area contributed by atoms with Gasteiger partial charge in [-0.2, -0.15) is 0 Å². The van der Waals surface area contributed by atoms with Crippen molar-refractivity contribution in [2.75, 3.05) is 13.7 Å². The molecule has 10 heteroatoms. The van der Waals surface area contributed by atoms with Gasteiger partial charge >= 0.3 is 12.1 Å². The standard InChI is InChI=1S/C32H34FN3O6/c1-20-13-25(39-5)16-23(35-20)15-24(36-31(38)42-32(2,3)4)19-40-28-12-11-27-26(14-22(33)17-34-27)29(28)30(37)41-18-21-9-7-6-8-10-21/h6-14,16-17,24H,15,18-19H2,1-5H3,(H,36,38)/t24-/m1/s1. The molecular weight excluding hydrogens is 541 g/mol. The predicted octanol–water partition coefficient (Wildman–Crippen LogP) is 5.96. The van der Waals surface area contributed by atoms with Gasteiger partial charge in [-0.1, -0.05) is 30.3 Å². The van der Waals surface area contributed by atoms with Gasteiger partial charge in [0.15, 0.2) is 0 Å². The number of nitrogens with zero attached hydrogens (tertiary/aromatic N) is 2. The average Bonchev–Trinajstić information content (AvgIpc) is 2.93. The molecule has 1 atom stereocenters. The van der Waals surface area contributed by atoms with Crippen molar-refractivity contribution in [1.82, 2.24) is 15.3 Å². The average molecular weight is 576 g/mol. The van der Waals surface area contributed by atoms with Crippen LogP contribution in [0.1, 0.15) is 48.1 Å². The maximum absolute atomic E-state index is 14.3. The zero-order valence-corrected chi connectivity index (χ0v) is 24.3. The Labute approximate surface area is 244 Å². The van der Waals surface area contributed by atoms with Crippen LogP contribution in [0.15, 0.2) is 66.9 Å². The minimum absolute atomic E-state index is 0.0158. The van der Waals surface area contributed by atoms with Crippen LogP contribution < -0.4 is 14.8 Å². The second kappa shape index (κ2) is 13.3. The van der Waals surface area contributed by atoms with Crippen LogP contribution in [0.3, 0.4) is 0 Å². The van der Waals surface area contributed by atoms with Crippen LogP contribution in [0.4, 0.5) is 9.18 Å². The molecule has 2 heterocycles. The number of aromatic nitrogens is 2. The lowest BCUT2D eigenvalue weighted by atomic mass is 10.1. The molecule has 4 rings (SSSR count). The topological polar surface area (TPSA) is 109 Å². The van der Waals surface area contributed by atoms with E-state index in [-0.39, 0.29) is 36.3 Å². The second-order valence-electron chi connectivity index (χ2n) is 10.7. The highest BCUT2D eigenvalue weighted by Gasteiger charge is 2.24. The zero-order valence-electron chi connectivity index (χ0n) is 24.3. The number of carbonyl (C=O) groups excluding carboxylic acids is 2. The van der Waals surface area contributed by atoms with E-state index in [1.165, 1.54) is 6.07 Å². The van der Waals surface area contributed by atoms with E-state index in [1.807, 2.05) is 37.3 Å². The number of alkyl carbamates (subject to hydrolysis) is 1. The number of halogens is 1. The van der Waals surface area contributed by atoms with Crippen molar-refractivity contribution in [3.63, 3.8) is 0 Å². The summed E-state index contributed by atoms with van der Waals surface area (Å²) in [7, 11) is 1.56. The molecule has 2 aromatic heterocycles. The first kappa shape index (κ1) is 30.2. The summed E-state index contributed by atoms with van der Waals surface area (Å²) in [5.41, 5.74) is 1.90. The fraction of sp³-hybridized carbons (Fsp3) is 0.312. The van der Waals surface area contributed by atoms with Gasteiger partial charge < -0.3 is 24.3 Å². The summed E-state index contributed by atoms with van der Waals surface area (Å²) >= 11 is 0. The van der Waals surface area contributed by atoms with E-state index < -0.39 is 29.5 Å². The SMILES string of the molecule is COc1cc(C)nc(C[C@H](COc2ccc3ncc(F)cc3c2C(=O)OCc2ccccc2)NC(=O)OC(C)(C)C)c1. The highest BCUT2D eigenvalue weighted by molar-refractivity contribution is 6.06. The molecule has 0 aliphatic heterocycles. The minimum atomic E-state index is -0.717. The van der Waals surface area contributed by atoms with E-state index in [2.05, 4.69) is 15.3 Å². The first-order valence-corrected chi connectivity index (χ1v) is 13.4. The van der Waals surface area contributed by atoms with Crippen molar-refractivity contribution in [1.29, 1.82) is 0 Å². The van der Waals surface area contributed by atoms with Gasteiger partial charge in [0.05, 0.1) is 24.9 Å². The number of fused-ring (bicyclic) bond motifs is 1. The molecule has 220 valence electrons. The third-order valence-corrected chi connectivity index (χ3v) is 6.04. The Balaban J connectivity index is 1.62. The van der Waals surface area contributed by atoms with Gasteiger partial charge in [-0.05, 0) is 51.5 Å². The van der Waals surface area contributed by atoms with Crippen molar-refractivity contribution < 1.29 is 32.9 Å². The van der Waals surface area contributed by atoms with Crippen LogP contribution in [0.25, 0.3) is 10.9 Å². The Morgan fingerprint density at radius 1 is 1.05 bits per heavy atom. The van der Waals surface area contributed by atoms with Crippen molar-refractivity contribution in [2.24, 2.45) is 0 Å². The van der Waals surface area contributed by atoms with Crippen LogP contribution in [-0.4, -0.2) is 47.4 Å². The van der Waals surface area contributed by atoms with Gasteiger partial charge in [0, 0.05) is 35.3 Å². The van der Waals surface area contributed by atoms with Crippen molar-refractivity contribution in [3.8, 4) is 11.5 Å². The lowest BCUT2D eigenvalue weighted by Crippen LogP contribution is -2.43. The fourth-order valence-electron chi connectivity index (χ4n) is 4.27. The molecule has 0 radical (unpaired) electrons. The second-order valence-corrected chi connectivity index (χ2v) is 10.7. The van der Waals surface area contributed by atoms with E-state index in [0.29, 0.717) is 17.0 Å². The minimum Gasteiger partial charge on any atom is -0.497 e. The maximum Gasteiger partial charge on any atom is 0.408 e. The Bertz CT molecular complexity index is 1560. The van der Waals surface area contributed by atoms with Crippen LogP contribution in [0, 0.1) is 12.7 Å². The number of hydrogen-bond acceptors (Lipinski definition) is 8. The number of pyridine rings is 2. The molecule has 9 nitrogen and oxygen atoms in total. The summed E-state index contributed by atoms with van der Waals surface area (Å²) in [5.74, 6) is -0.532. The molecule has 0 fully saturated rings. The first-order valence-electron chi connectivity index (χ1n) is 13.4. The normalized spacial score (nSPS) is 12.0. The summed E-state index contributed by atoms with van der Waals surface area (Å²) in [5, 5.41) is 3.08. The largest absolute Gasteiger partial charge is 0.497 e. The van der Waals surface area contributed by atoms with E-state index in [1.54, 1.807) is 52.1 Å². The first-order chi connectivity index (χ1) is 20.0. The Kier molecular flexibility index (Phi) is 9.57. The molecule has 0 unspecified atom stereocenters. The number of amides is 1. The summed E-state index contributed by atoms with van der Waals surface area (Å²) in [6, 6.07) is 16.6. The summed E-state index contributed by atoms with van der Waals surface area (Å²) in [6.07, 6.45) is 0.712. The van der Waals surface area contributed by atoms with Gasteiger partial charge in [-0.15, -0.1) is 0 Å². The van der Waals surface area contributed by atoms with Gasteiger partial charge in [-0.25, -0.2) is 14.0 Å². The van der Waals surface area contributed by atoms with Crippen molar-refractivity contribution in [3.05, 3.63) is 95.2 Å². The summed E-state index contributed by atoms with van der Waals surface area (Å²) in [6.45, 7) is 7.09. The van der Waals surface area contributed by atoms with Gasteiger partial charge in [-0.3, -0.25) is 9.97 Å². The van der Waals surface area contributed by atoms with Gasteiger partial charge in [0.25, 0.3) is 0 Å². The van der Waals surface area contributed by atoms with Crippen LogP contribution in [-0.2, 0) is 22.5 Å². The molecule has 0 saturated heterocycles. The smallest absolute Gasteiger partial charge is 0.408 e. The number of hydrogen-bond donors (Lipinski definition) is 1. The molecule has 1 amide bonds. The maximum atomic E-state index is 14.3. The van der Waals surface area contributed by atoms with E-state index in [4.69, 9.17) is 18.9 Å². The van der Waals surface area contributed by atoms with Crippen molar-refractivity contribution in [2.45, 2.75) is 52.4 Å². The van der Waals surface area contributed by atoms with Gasteiger partial charge in [0.1, 0.15) is 41.7 Å². The number of methoxy groups -OCH3 is 1. The molecule has 1 N–H and O–H groups in total. The molecular formula is C32H34FN3O6. The lowest BCUT2D eigenvalue weighted by Gasteiger charge is -2.24. The number of aryl methyl sites for hydroxylation is 1. The number of carbonyl (C=O) groups is 2. The van der Waals surface area contributed by atoms with E-state index >= 15 is 0 Å². The third kappa shape index (κ3) is 8.39. The molecule has 42 heavy (non-hydrogen) atoms. The van der Waals surface area contributed by atoms with Crippen LogP contribution in [0.5, 0.6) is 11.5 Å². The van der Waals surface area contributed by atoms with E-state index in [0.717, 1.165) is 17.5 Å². The fourth-order valence-corrected chi connectivity index (χ4v) is 4.27. The number of esters is 1. The Hall–Kier alpha value is -4.73. The van der Waals surface area contributed by atoms with Gasteiger partial charge in [0.2, 0.25) is 0 Å². The predicted molar refractivity (Wildman–Crippen MR) is 155 cm³/mol. The lowest BCUT2D eigenvalue weighted by molar-refractivity contribution is 0.0455. The number of nitrogens with one attached hydrogen (secondary N) is 1. The molecule has 0 spiro atoms. The quantitative estimate of drug-likeness (QED) is 0.231. The highest BCUT2D eigenvalue weighted by atomic mass is 19.1. The molecule has 0 aliphatic carbocycles. The molecule has 4 aromatic rings.